The molecule has 4 aliphatic rings. The molecule has 2 fully saturated rings. The van der Waals surface area contributed by atoms with Crippen molar-refractivity contribution < 1.29 is 14.6 Å². The molecule has 32 heavy (non-hydrogen) atoms. The summed E-state index contributed by atoms with van der Waals surface area (Å²) in [7, 11) is 2.27. The predicted octanol–water partition coefficient (Wildman–Crippen LogP) is 1.32. The molecule has 0 radical (unpaired) electrons. The Morgan fingerprint density at radius 3 is 2.62 bits per heavy atom. The van der Waals surface area contributed by atoms with E-state index in [0.717, 1.165) is 38.5 Å². The first-order chi connectivity index (χ1) is 15.7. The van der Waals surface area contributed by atoms with Gasteiger partial charge in [-0.25, -0.2) is 0 Å². The van der Waals surface area contributed by atoms with E-state index in [1.165, 1.54) is 79.5 Å². The quantitative estimate of drug-likeness (QED) is 0.748. The summed E-state index contributed by atoms with van der Waals surface area (Å²) >= 11 is 0. The summed E-state index contributed by atoms with van der Waals surface area (Å²) in [5.41, 5.74) is 6.01. The fourth-order valence-corrected chi connectivity index (χ4v) is 7.13. The summed E-state index contributed by atoms with van der Waals surface area (Å²) in [6, 6.07) is 7.65. The Balaban J connectivity index is 1.29. The van der Waals surface area contributed by atoms with Crippen molar-refractivity contribution >= 4 is 16.8 Å². The van der Waals surface area contributed by atoms with Gasteiger partial charge in [0.1, 0.15) is 26.2 Å². The number of rotatable bonds is 3. The molecule has 2 aromatic rings. The van der Waals surface area contributed by atoms with Crippen LogP contribution in [0.4, 0.5) is 0 Å². The standard InChI is InChI=1S/C27H38N4O/c1-28-12-14-29(15-13-28)19-26(32)30-16-17-31-24-11-10-21(20-6-3-2-4-7-20)18-23(24)22-8-5-9-25(30)27(22)31/h10-11,18,20,25H,2-9,12-17,19H2,1H3/p+2/t25-/m1/s1. The van der Waals surface area contributed by atoms with E-state index in [1.54, 1.807) is 16.0 Å². The average molecular weight is 437 g/mol. The minimum Gasteiger partial charge on any atom is -0.341 e. The van der Waals surface area contributed by atoms with Gasteiger partial charge in [-0.2, -0.15) is 0 Å². The van der Waals surface area contributed by atoms with Crippen LogP contribution in [0.2, 0.25) is 0 Å². The Morgan fingerprint density at radius 2 is 1.81 bits per heavy atom. The number of likely N-dealkylation sites (N-methyl/N-ethyl adjacent to an activating group) is 1. The first-order valence-electron chi connectivity index (χ1n) is 13.3. The summed E-state index contributed by atoms with van der Waals surface area (Å²) in [5, 5.41) is 1.50. The van der Waals surface area contributed by atoms with Gasteiger partial charge < -0.3 is 19.3 Å². The topological polar surface area (TPSA) is 34.1 Å². The lowest BCUT2D eigenvalue weighted by atomic mass is 9.83. The van der Waals surface area contributed by atoms with Gasteiger partial charge in [0.2, 0.25) is 0 Å². The number of nitrogens with one attached hydrogen (secondary N) is 2. The van der Waals surface area contributed by atoms with E-state index < -0.39 is 0 Å². The summed E-state index contributed by atoms with van der Waals surface area (Å²) < 4.78 is 2.58. The van der Waals surface area contributed by atoms with Crippen molar-refractivity contribution in [1.29, 1.82) is 0 Å². The SMILES string of the molecule is C[NH+]1CC[NH+](CC(=O)N2CCn3c4c(c5cc(C6CCCCC6)ccc53)CCC[C@H]42)CC1. The molecule has 1 amide bonds. The molecule has 2 N–H and O–H groups in total. The number of carbonyl (C=O) groups is 1. The molecule has 1 atom stereocenters. The molecule has 6 rings (SSSR count). The number of carbonyl (C=O) groups excluding carboxylic acids is 1. The van der Waals surface area contributed by atoms with E-state index in [-0.39, 0.29) is 0 Å². The Morgan fingerprint density at radius 1 is 1.00 bits per heavy atom. The number of hydrogen-bond donors (Lipinski definition) is 2. The summed E-state index contributed by atoms with van der Waals surface area (Å²) in [6.07, 6.45) is 10.4. The molecule has 3 heterocycles. The van der Waals surface area contributed by atoms with Gasteiger partial charge in [-0.1, -0.05) is 25.3 Å². The van der Waals surface area contributed by atoms with E-state index in [4.69, 9.17) is 0 Å². The highest BCUT2D eigenvalue weighted by Gasteiger charge is 2.38. The molecule has 2 aliphatic heterocycles. The van der Waals surface area contributed by atoms with Gasteiger partial charge in [0.25, 0.3) is 5.91 Å². The molecule has 1 saturated heterocycles. The number of piperazine rings is 1. The second kappa shape index (κ2) is 8.49. The lowest BCUT2D eigenvalue weighted by molar-refractivity contribution is -1.000. The van der Waals surface area contributed by atoms with E-state index in [0.29, 0.717) is 18.5 Å². The lowest BCUT2D eigenvalue weighted by Gasteiger charge is -2.40. The minimum absolute atomic E-state index is 0.294. The van der Waals surface area contributed by atoms with Crippen LogP contribution in [0.25, 0.3) is 10.9 Å². The van der Waals surface area contributed by atoms with Crippen LogP contribution < -0.4 is 9.80 Å². The number of hydrogen-bond acceptors (Lipinski definition) is 1. The number of aryl methyl sites for hydroxylation is 1. The zero-order valence-electron chi connectivity index (χ0n) is 19.8. The number of fused-ring (bicyclic) bond motifs is 3. The van der Waals surface area contributed by atoms with E-state index in [2.05, 4.69) is 34.7 Å². The smallest absolute Gasteiger partial charge is 0.278 e. The van der Waals surface area contributed by atoms with Gasteiger partial charge in [0.05, 0.1) is 13.1 Å². The number of amides is 1. The minimum atomic E-state index is 0.294. The molecule has 5 nitrogen and oxygen atoms in total. The Bertz CT molecular complexity index is 997. The van der Waals surface area contributed by atoms with Crippen LogP contribution in [0.1, 0.15) is 73.7 Å². The van der Waals surface area contributed by atoms with Crippen LogP contribution in [0.3, 0.4) is 0 Å². The highest BCUT2D eigenvalue weighted by Crippen LogP contribution is 2.44. The normalized spacial score (nSPS) is 28.7. The Hall–Kier alpha value is -1.85. The summed E-state index contributed by atoms with van der Waals surface area (Å²) in [5.74, 6) is 1.14. The van der Waals surface area contributed by atoms with Crippen LogP contribution in [-0.4, -0.2) is 61.7 Å². The van der Waals surface area contributed by atoms with E-state index in [9.17, 15) is 4.79 Å². The fraction of sp³-hybridized carbons (Fsp3) is 0.667. The molecular formula is C27H40N4O+2. The highest BCUT2D eigenvalue weighted by molar-refractivity contribution is 5.88. The third-order valence-electron chi connectivity index (χ3n) is 9.01. The molecule has 0 bridgehead atoms. The van der Waals surface area contributed by atoms with Crippen molar-refractivity contribution in [2.45, 2.75) is 69.9 Å². The molecule has 1 saturated carbocycles. The van der Waals surface area contributed by atoms with Gasteiger partial charge >= 0.3 is 0 Å². The number of nitrogens with zero attached hydrogens (tertiary/aromatic N) is 2. The van der Waals surface area contributed by atoms with Crippen molar-refractivity contribution in [3.63, 3.8) is 0 Å². The lowest BCUT2D eigenvalue weighted by Crippen LogP contribution is -3.27. The maximum absolute atomic E-state index is 13.4. The molecule has 1 aromatic heterocycles. The van der Waals surface area contributed by atoms with Crippen molar-refractivity contribution in [1.82, 2.24) is 9.47 Å². The fourth-order valence-electron chi connectivity index (χ4n) is 7.13. The molecular weight excluding hydrogens is 396 g/mol. The number of quaternary nitrogens is 2. The third kappa shape index (κ3) is 3.58. The monoisotopic (exact) mass is 436 g/mol. The van der Waals surface area contributed by atoms with Crippen molar-refractivity contribution in [3.05, 3.63) is 35.0 Å². The van der Waals surface area contributed by atoms with E-state index in [1.807, 2.05) is 0 Å². The van der Waals surface area contributed by atoms with Gasteiger partial charge in [-0.05, 0) is 61.3 Å². The average Bonchev–Trinajstić information content (AvgIpc) is 3.16. The maximum atomic E-state index is 13.4. The molecule has 5 heteroatoms. The second-order valence-electron chi connectivity index (χ2n) is 11.0. The van der Waals surface area contributed by atoms with E-state index >= 15 is 0 Å². The zero-order valence-corrected chi connectivity index (χ0v) is 19.8. The van der Waals surface area contributed by atoms with Crippen LogP contribution in [0, 0.1) is 0 Å². The van der Waals surface area contributed by atoms with Crippen LogP contribution >= 0.6 is 0 Å². The first kappa shape index (κ1) is 20.7. The Labute approximate surface area is 192 Å². The van der Waals surface area contributed by atoms with Gasteiger partial charge in [0, 0.05) is 29.7 Å². The van der Waals surface area contributed by atoms with Crippen LogP contribution in [-0.2, 0) is 17.8 Å². The molecule has 2 aliphatic carbocycles. The second-order valence-corrected chi connectivity index (χ2v) is 11.0. The predicted molar refractivity (Wildman–Crippen MR) is 127 cm³/mol. The largest absolute Gasteiger partial charge is 0.341 e. The molecule has 172 valence electrons. The highest BCUT2D eigenvalue weighted by atomic mass is 16.2. The molecule has 0 spiro atoms. The summed E-state index contributed by atoms with van der Waals surface area (Å²) in [6.45, 7) is 7.16. The van der Waals surface area contributed by atoms with Crippen LogP contribution in [0.15, 0.2) is 18.2 Å². The van der Waals surface area contributed by atoms with Crippen LogP contribution in [0.5, 0.6) is 0 Å². The molecule has 0 unspecified atom stereocenters. The zero-order chi connectivity index (χ0) is 21.7. The third-order valence-corrected chi connectivity index (χ3v) is 9.01. The first-order valence-corrected chi connectivity index (χ1v) is 13.3. The number of aromatic nitrogens is 1. The number of benzene rings is 1. The summed E-state index contributed by atoms with van der Waals surface area (Å²) in [4.78, 5) is 18.8. The van der Waals surface area contributed by atoms with Gasteiger partial charge in [0.15, 0.2) is 6.54 Å². The van der Waals surface area contributed by atoms with Crippen molar-refractivity contribution in [3.8, 4) is 0 Å². The van der Waals surface area contributed by atoms with Crippen molar-refractivity contribution in [2.75, 3.05) is 46.3 Å². The Kier molecular flexibility index (Phi) is 5.50. The van der Waals surface area contributed by atoms with Gasteiger partial charge in [-0.15, -0.1) is 0 Å². The van der Waals surface area contributed by atoms with Gasteiger partial charge in [-0.3, -0.25) is 4.79 Å². The maximum Gasteiger partial charge on any atom is 0.278 e. The van der Waals surface area contributed by atoms with Crippen molar-refractivity contribution in [2.24, 2.45) is 0 Å². The molecule has 1 aromatic carbocycles.